The zero-order valence-corrected chi connectivity index (χ0v) is 12.4. The summed E-state index contributed by atoms with van der Waals surface area (Å²) in [4.78, 5) is 38.2. The van der Waals surface area contributed by atoms with Gasteiger partial charge in [-0.15, -0.1) is 0 Å². The van der Waals surface area contributed by atoms with Crippen LogP contribution in [0.4, 0.5) is 5.69 Å². The standard InChI is InChI=1S/C18H17NO3/c1-10(20)11-6-8-14(9-7-11)19-17(21)15-12-2-3-13(5-4-12)16(15)18(19)22/h2-3,6-9,12-13,15-16H,4-5H2,1H3/t12-,13-,15+,16+/m1/s1. The van der Waals surface area contributed by atoms with Crippen molar-refractivity contribution in [3.05, 3.63) is 42.0 Å². The van der Waals surface area contributed by atoms with Crippen LogP contribution in [0.3, 0.4) is 0 Å². The van der Waals surface area contributed by atoms with Gasteiger partial charge in [-0.2, -0.15) is 0 Å². The molecule has 22 heavy (non-hydrogen) atoms. The monoisotopic (exact) mass is 295 g/mol. The lowest BCUT2D eigenvalue weighted by atomic mass is 9.63. The van der Waals surface area contributed by atoms with Gasteiger partial charge in [-0.3, -0.25) is 19.3 Å². The molecule has 4 heteroatoms. The molecule has 1 aromatic carbocycles. The van der Waals surface area contributed by atoms with Gasteiger partial charge in [-0.05, 0) is 55.9 Å². The lowest BCUT2D eigenvalue weighted by Gasteiger charge is -2.38. The maximum absolute atomic E-state index is 12.8. The van der Waals surface area contributed by atoms with Crippen LogP contribution >= 0.6 is 0 Å². The molecule has 0 unspecified atom stereocenters. The van der Waals surface area contributed by atoms with E-state index in [1.807, 2.05) is 0 Å². The third kappa shape index (κ3) is 1.73. The van der Waals surface area contributed by atoms with E-state index in [0.29, 0.717) is 11.3 Å². The van der Waals surface area contributed by atoms with Gasteiger partial charge in [0, 0.05) is 5.56 Å². The third-order valence-electron chi connectivity index (χ3n) is 5.29. The van der Waals surface area contributed by atoms with Crippen LogP contribution in [0.2, 0.25) is 0 Å². The Bertz CT molecular complexity index is 672. The van der Waals surface area contributed by atoms with Gasteiger partial charge in [0.15, 0.2) is 5.78 Å². The molecule has 0 aromatic heterocycles. The summed E-state index contributed by atoms with van der Waals surface area (Å²) >= 11 is 0. The molecule has 0 N–H and O–H groups in total. The van der Waals surface area contributed by atoms with E-state index in [1.54, 1.807) is 24.3 Å². The Balaban J connectivity index is 1.70. The number of amides is 2. The van der Waals surface area contributed by atoms with Gasteiger partial charge in [0.1, 0.15) is 0 Å². The highest BCUT2D eigenvalue weighted by molar-refractivity contribution is 6.22. The zero-order chi connectivity index (χ0) is 15.4. The summed E-state index contributed by atoms with van der Waals surface area (Å²) in [6.07, 6.45) is 6.22. The van der Waals surface area contributed by atoms with Crippen molar-refractivity contribution in [3.8, 4) is 0 Å². The van der Waals surface area contributed by atoms with Crippen LogP contribution in [0.5, 0.6) is 0 Å². The fourth-order valence-corrected chi connectivity index (χ4v) is 4.17. The molecule has 4 aliphatic rings. The second kappa shape index (κ2) is 4.63. The van der Waals surface area contributed by atoms with Crippen molar-refractivity contribution < 1.29 is 14.4 Å². The molecule has 0 radical (unpaired) electrons. The number of fused-ring (bicyclic) bond motifs is 1. The highest BCUT2D eigenvalue weighted by atomic mass is 16.2. The van der Waals surface area contributed by atoms with Gasteiger partial charge in [-0.25, -0.2) is 0 Å². The molecule has 1 saturated heterocycles. The van der Waals surface area contributed by atoms with Crippen molar-refractivity contribution in [2.24, 2.45) is 23.7 Å². The minimum absolute atomic E-state index is 0.0264. The lowest BCUT2D eigenvalue weighted by Crippen LogP contribution is -2.38. The number of nitrogens with zero attached hydrogens (tertiary/aromatic N) is 1. The van der Waals surface area contributed by atoms with Crippen molar-refractivity contribution in [2.75, 3.05) is 4.90 Å². The molecule has 1 aliphatic heterocycles. The van der Waals surface area contributed by atoms with E-state index in [4.69, 9.17) is 0 Å². The van der Waals surface area contributed by atoms with E-state index in [0.717, 1.165) is 12.8 Å². The Kier molecular flexibility index (Phi) is 2.83. The van der Waals surface area contributed by atoms with Crippen molar-refractivity contribution >= 4 is 23.3 Å². The van der Waals surface area contributed by atoms with Crippen LogP contribution in [0.25, 0.3) is 0 Å². The van der Waals surface area contributed by atoms with Crippen molar-refractivity contribution in [2.45, 2.75) is 19.8 Å². The first-order chi connectivity index (χ1) is 10.6. The number of carbonyl (C=O) groups is 3. The van der Waals surface area contributed by atoms with Crippen molar-refractivity contribution in [1.29, 1.82) is 0 Å². The molecule has 5 rings (SSSR count). The van der Waals surface area contributed by atoms with Gasteiger partial charge in [-0.1, -0.05) is 12.2 Å². The fourth-order valence-electron chi connectivity index (χ4n) is 4.17. The zero-order valence-electron chi connectivity index (χ0n) is 12.4. The second-order valence-corrected chi connectivity index (χ2v) is 6.46. The summed E-state index contributed by atoms with van der Waals surface area (Å²) in [6, 6.07) is 6.73. The first-order valence-corrected chi connectivity index (χ1v) is 7.75. The van der Waals surface area contributed by atoms with Crippen LogP contribution in [0, 0.1) is 23.7 Å². The largest absolute Gasteiger partial charge is 0.295 e. The maximum Gasteiger partial charge on any atom is 0.238 e. The van der Waals surface area contributed by atoms with E-state index in [1.165, 1.54) is 11.8 Å². The quantitative estimate of drug-likeness (QED) is 0.479. The summed E-state index contributed by atoms with van der Waals surface area (Å²) in [5.41, 5.74) is 1.16. The Morgan fingerprint density at radius 2 is 1.45 bits per heavy atom. The average Bonchev–Trinajstić information content (AvgIpc) is 2.82. The number of Topliss-reactive ketones (excluding diaryl/α,β-unsaturated/α-hetero) is 1. The summed E-state index contributed by atoms with van der Waals surface area (Å²) in [7, 11) is 0. The highest BCUT2D eigenvalue weighted by Crippen LogP contribution is 2.50. The van der Waals surface area contributed by atoms with Crippen molar-refractivity contribution in [3.63, 3.8) is 0 Å². The summed E-state index contributed by atoms with van der Waals surface area (Å²) in [5.74, 6) is -0.163. The topological polar surface area (TPSA) is 54.5 Å². The maximum atomic E-state index is 12.8. The molecule has 2 amide bonds. The Labute approximate surface area is 128 Å². The molecule has 1 aromatic rings. The number of imide groups is 1. The number of rotatable bonds is 2. The van der Waals surface area contributed by atoms with Crippen LogP contribution in [0.1, 0.15) is 30.1 Å². The average molecular weight is 295 g/mol. The third-order valence-corrected chi connectivity index (χ3v) is 5.29. The molecular weight excluding hydrogens is 278 g/mol. The number of allylic oxidation sites excluding steroid dienone is 2. The van der Waals surface area contributed by atoms with Gasteiger partial charge in [0.05, 0.1) is 17.5 Å². The fraction of sp³-hybridized carbons (Fsp3) is 0.389. The molecule has 4 atom stereocenters. The number of hydrogen-bond donors (Lipinski definition) is 0. The van der Waals surface area contributed by atoms with E-state index in [2.05, 4.69) is 12.2 Å². The van der Waals surface area contributed by atoms with Crippen molar-refractivity contribution in [1.82, 2.24) is 0 Å². The Hall–Kier alpha value is -2.23. The minimum Gasteiger partial charge on any atom is -0.295 e. The van der Waals surface area contributed by atoms with E-state index in [-0.39, 0.29) is 41.3 Å². The summed E-state index contributed by atoms with van der Waals surface area (Å²) < 4.78 is 0. The second-order valence-electron chi connectivity index (χ2n) is 6.46. The van der Waals surface area contributed by atoms with Crippen LogP contribution in [0.15, 0.2) is 36.4 Å². The lowest BCUT2D eigenvalue weighted by molar-refractivity contribution is -0.124. The summed E-state index contributed by atoms with van der Waals surface area (Å²) in [6.45, 7) is 1.50. The number of benzene rings is 1. The smallest absolute Gasteiger partial charge is 0.238 e. The number of anilines is 1. The van der Waals surface area contributed by atoms with Crippen LogP contribution < -0.4 is 4.90 Å². The molecule has 3 aliphatic carbocycles. The van der Waals surface area contributed by atoms with E-state index < -0.39 is 0 Å². The van der Waals surface area contributed by atoms with Gasteiger partial charge < -0.3 is 0 Å². The van der Waals surface area contributed by atoms with Gasteiger partial charge in [0.2, 0.25) is 11.8 Å². The predicted octanol–water partition coefficient (Wildman–Crippen LogP) is 2.59. The molecule has 1 saturated carbocycles. The number of hydrogen-bond acceptors (Lipinski definition) is 3. The molecule has 4 nitrogen and oxygen atoms in total. The molecule has 2 bridgehead atoms. The van der Waals surface area contributed by atoms with Gasteiger partial charge in [0.25, 0.3) is 0 Å². The SMILES string of the molecule is CC(=O)c1ccc(N2C(=O)[C@@H]3[C@@H](C2=O)[C@@H]2C=C[C@@H]3CC2)cc1. The summed E-state index contributed by atoms with van der Waals surface area (Å²) in [5, 5.41) is 0. The first kappa shape index (κ1) is 13.4. The first-order valence-electron chi connectivity index (χ1n) is 7.75. The molecule has 0 spiro atoms. The predicted molar refractivity (Wildman–Crippen MR) is 81.3 cm³/mol. The molecular formula is C18H17NO3. The molecule has 112 valence electrons. The number of ketones is 1. The van der Waals surface area contributed by atoms with E-state index >= 15 is 0 Å². The van der Waals surface area contributed by atoms with Crippen LogP contribution in [-0.4, -0.2) is 17.6 Å². The highest BCUT2D eigenvalue weighted by Gasteiger charge is 2.56. The Morgan fingerprint density at radius 1 is 0.955 bits per heavy atom. The molecule has 2 fully saturated rings. The van der Waals surface area contributed by atoms with Crippen LogP contribution in [-0.2, 0) is 9.59 Å². The minimum atomic E-state index is -0.191. The number of carbonyl (C=O) groups excluding carboxylic acids is 3. The normalized spacial score (nSPS) is 32.5. The van der Waals surface area contributed by atoms with E-state index in [9.17, 15) is 14.4 Å². The van der Waals surface area contributed by atoms with Gasteiger partial charge >= 0.3 is 0 Å². The molecule has 1 heterocycles. The Morgan fingerprint density at radius 3 is 1.86 bits per heavy atom.